The Morgan fingerprint density at radius 2 is 1.87 bits per heavy atom. The number of ether oxygens (including phenoxy) is 1. The highest BCUT2D eigenvalue weighted by molar-refractivity contribution is 5.97. The molecule has 2 saturated heterocycles. The van der Waals surface area contributed by atoms with E-state index in [0.717, 1.165) is 6.41 Å². The van der Waals surface area contributed by atoms with Gasteiger partial charge in [0.2, 0.25) is 24.1 Å². The summed E-state index contributed by atoms with van der Waals surface area (Å²) in [6.45, 7) is 3.24. The molecular weight excluding hydrogens is 390 g/mol. The van der Waals surface area contributed by atoms with Crippen LogP contribution in [0.1, 0.15) is 6.42 Å². The van der Waals surface area contributed by atoms with Gasteiger partial charge in [-0.05, 0) is 24.3 Å². The number of benzene rings is 1. The van der Waals surface area contributed by atoms with E-state index in [9.17, 15) is 19.2 Å². The number of rotatable bonds is 7. The van der Waals surface area contributed by atoms with E-state index < -0.39 is 6.04 Å². The van der Waals surface area contributed by atoms with Crippen molar-refractivity contribution in [1.82, 2.24) is 20.0 Å². The van der Waals surface area contributed by atoms with Crippen LogP contribution < -0.4 is 15.4 Å². The van der Waals surface area contributed by atoms with Crippen molar-refractivity contribution in [2.75, 3.05) is 58.2 Å². The Hall–Kier alpha value is -3.14. The summed E-state index contributed by atoms with van der Waals surface area (Å²) in [5.74, 6) is -0.193. The SMILES string of the molecule is COc1ccc(NC(=O)C[C@H]2C(=O)NCCN2C(=O)CN2CCN(C=O)CC2)cc1. The second-order valence-electron chi connectivity index (χ2n) is 7.29. The third-order valence-corrected chi connectivity index (χ3v) is 5.32. The van der Waals surface area contributed by atoms with Gasteiger partial charge in [-0.2, -0.15) is 0 Å². The van der Waals surface area contributed by atoms with E-state index in [1.165, 1.54) is 4.90 Å². The maximum atomic E-state index is 12.9. The predicted molar refractivity (Wildman–Crippen MR) is 109 cm³/mol. The first-order valence-electron chi connectivity index (χ1n) is 9.93. The number of methoxy groups -OCH3 is 1. The van der Waals surface area contributed by atoms with Crippen LogP contribution >= 0.6 is 0 Å². The molecule has 0 aliphatic carbocycles. The first-order valence-corrected chi connectivity index (χ1v) is 9.93. The molecule has 3 rings (SSSR count). The van der Waals surface area contributed by atoms with Gasteiger partial charge in [0.25, 0.3) is 0 Å². The number of carbonyl (C=O) groups excluding carboxylic acids is 4. The molecule has 10 nitrogen and oxygen atoms in total. The molecule has 4 amide bonds. The summed E-state index contributed by atoms with van der Waals surface area (Å²) in [4.78, 5) is 53.7. The maximum Gasteiger partial charge on any atom is 0.243 e. The van der Waals surface area contributed by atoms with Crippen molar-refractivity contribution in [2.45, 2.75) is 12.5 Å². The zero-order chi connectivity index (χ0) is 21.5. The van der Waals surface area contributed by atoms with Crippen LogP contribution in [0.15, 0.2) is 24.3 Å². The van der Waals surface area contributed by atoms with E-state index >= 15 is 0 Å². The average Bonchev–Trinajstić information content (AvgIpc) is 2.76. The van der Waals surface area contributed by atoms with Gasteiger partial charge in [-0.15, -0.1) is 0 Å². The van der Waals surface area contributed by atoms with Gasteiger partial charge in [0, 0.05) is 45.0 Å². The number of hydrogen-bond acceptors (Lipinski definition) is 6. The summed E-state index contributed by atoms with van der Waals surface area (Å²) in [6.07, 6.45) is 0.689. The minimum absolute atomic E-state index is 0.122. The van der Waals surface area contributed by atoms with E-state index in [2.05, 4.69) is 10.6 Å². The second kappa shape index (κ2) is 10.1. The fourth-order valence-corrected chi connectivity index (χ4v) is 3.59. The van der Waals surface area contributed by atoms with Crippen molar-refractivity contribution < 1.29 is 23.9 Å². The molecule has 30 heavy (non-hydrogen) atoms. The van der Waals surface area contributed by atoms with E-state index in [0.29, 0.717) is 50.7 Å². The van der Waals surface area contributed by atoms with Crippen molar-refractivity contribution >= 4 is 29.8 Å². The molecule has 0 bridgehead atoms. The van der Waals surface area contributed by atoms with Crippen molar-refractivity contribution in [3.63, 3.8) is 0 Å². The zero-order valence-electron chi connectivity index (χ0n) is 17.0. The van der Waals surface area contributed by atoms with E-state index in [-0.39, 0.29) is 30.7 Å². The van der Waals surface area contributed by atoms with Crippen LogP contribution in [0.2, 0.25) is 0 Å². The largest absolute Gasteiger partial charge is 0.497 e. The molecule has 0 aromatic heterocycles. The molecule has 2 fully saturated rings. The summed E-state index contributed by atoms with van der Waals surface area (Å²) < 4.78 is 5.09. The number of amides is 4. The fraction of sp³-hybridized carbons (Fsp3) is 0.500. The quantitative estimate of drug-likeness (QED) is 0.558. The van der Waals surface area contributed by atoms with Gasteiger partial charge in [-0.3, -0.25) is 24.1 Å². The Morgan fingerprint density at radius 3 is 2.50 bits per heavy atom. The van der Waals surface area contributed by atoms with Crippen LogP contribution in [-0.2, 0) is 19.2 Å². The van der Waals surface area contributed by atoms with Gasteiger partial charge >= 0.3 is 0 Å². The molecule has 0 radical (unpaired) electrons. The van der Waals surface area contributed by atoms with Crippen LogP contribution in [0, 0.1) is 0 Å². The normalized spacial score (nSPS) is 19.8. The summed E-state index contributed by atoms with van der Waals surface area (Å²) in [5, 5.41) is 5.48. The zero-order valence-corrected chi connectivity index (χ0v) is 17.0. The molecule has 0 unspecified atom stereocenters. The minimum Gasteiger partial charge on any atom is -0.497 e. The Morgan fingerprint density at radius 1 is 1.17 bits per heavy atom. The highest BCUT2D eigenvalue weighted by Gasteiger charge is 2.35. The Bertz CT molecular complexity index is 776. The van der Waals surface area contributed by atoms with E-state index in [4.69, 9.17) is 4.74 Å². The molecule has 1 aromatic carbocycles. The lowest BCUT2D eigenvalue weighted by atomic mass is 10.1. The van der Waals surface area contributed by atoms with Crippen molar-refractivity contribution in [1.29, 1.82) is 0 Å². The Labute approximate surface area is 175 Å². The van der Waals surface area contributed by atoms with Gasteiger partial charge in [-0.1, -0.05) is 0 Å². The number of piperazine rings is 2. The van der Waals surface area contributed by atoms with Gasteiger partial charge in [-0.25, -0.2) is 0 Å². The number of nitrogens with one attached hydrogen (secondary N) is 2. The maximum absolute atomic E-state index is 12.9. The smallest absolute Gasteiger partial charge is 0.243 e. The van der Waals surface area contributed by atoms with Crippen LogP contribution in [0.4, 0.5) is 5.69 Å². The average molecular weight is 417 g/mol. The van der Waals surface area contributed by atoms with E-state index in [1.807, 2.05) is 4.90 Å². The van der Waals surface area contributed by atoms with Crippen LogP contribution in [0.25, 0.3) is 0 Å². The molecule has 162 valence electrons. The molecular formula is C20H27N5O5. The number of anilines is 1. The van der Waals surface area contributed by atoms with Crippen LogP contribution in [0.3, 0.4) is 0 Å². The molecule has 10 heteroatoms. The van der Waals surface area contributed by atoms with Gasteiger partial charge < -0.3 is 25.2 Å². The molecule has 2 aliphatic rings. The molecule has 1 aromatic rings. The lowest BCUT2D eigenvalue weighted by Crippen LogP contribution is -2.60. The minimum atomic E-state index is -0.847. The lowest BCUT2D eigenvalue weighted by molar-refractivity contribution is -0.145. The van der Waals surface area contributed by atoms with Crippen LogP contribution in [0.5, 0.6) is 5.75 Å². The molecule has 2 N–H and O–H groups in total. The lowest BCUT2D eigenvalue weighted by Gasteiger charge is -2.37. The van der Waals surface area contributed by atoms with Crippen LogP contribution in [-0.4, -0.2) is 97.8 Å². The Balaban J connectivity index is 1.58. The molecule has 2 aliphatic heterocycles. The number of hydrogen-bond donors (Lipinski definition) is 2. The summed E-state index contributed by atoms with van der Waals surface area (Å²) in [6, 6.07) is 6.02. The fourth-order valence-electron chi connectivity index (χ4n) is 3.59. The monoisotopic (exact) mass is 417 g/mol. The van der Waals surface area contributed by atoms with E-state index in [1.54, 1.807) is 36.3 Å². The first-order chi connectivity index (χ1) is 14.5. The third kappa shape index (κ3) is 5.47. The first kappa shape index (κ1) is 21.6. The van der Waals surface area contributed by atoms with Gasteiger partial charge in [0.1, 0.15) is 11.8 Å². The predicted octanol–water partition coefficient (Wildman–Crippen LogP) is -0.875. The number of carbonyl (C=O) groups is 4. The second-order valence-corrected chi connectivity index (χ2v) is 7.29. The summed E-state index contributed by atoms with van der Waals surface area (Å²) in [7, 11) is 1.56. The molecule has 1 atom stereocenters. The molecule has 0 saturated carbocycles. The third-order valence-electron chi connectivity index (χ3n) is 5.32. The molecule has 2 heterocycles. The van der Waals surface area contributed by atoms with Gasteiger partial charge in [0.15, 0.2) is 0 Å². The van der Waals surface area contributed by atoms with Crippen molar-refractivity contribution in [2.24, 2.45) is 0 Å². The van der Waals surface area contributed by atoms with Crippen molar-refractivity contribution in [3.05, 3.63) is 24.3 Å². The molecule has 0 spiro atoms. The highest BCUT2D eigenvalue weighted by Crippen LogP contribution is 2.17. The number of nitrogens with zero attached hydrogens (tertiary/aromatic N) is 3. The summed E-state index contributed by atoms with van der Waals surface area (Å²) in [5.41, 5.74) is 0.586. The summed E-state index contributed by atoms with van der Waals surface area (Å²) >= 11 is 0. The topological polar surface area (TPSA) is 111 Å². The Kier molecular flexibility index (Phi) is 7.23. The van der Waals surface area contributed by atoms with Crippen molar-refractivity contribution in [3.8, 4) is 5.75 Å². The standard InChI is InChI=1S/C20H27N5O5/c1-30-16-4-2-15(3-5-16)22-18(27)12-17-20(29)21-6-7-25(17)19(28)13-23-8-10-24(14-26)11-9-23/h2-5,14,17H,6-13H2,1H3,(H,21,29)(H,22,27)/t17-/m0/s1. The highest BCUT2D eigenvalue weighted by atomic mass is 16.5. The van der Waals surface area contributed by atoms with Gasteiger partial charge in [0.05, 0.1) is 20.1 Å².